The number of aromatic nitrogens is 1. The molecule has 1 aromatic heterocycles. The fourth-order valence-electron chi connectivity index (χ4n) is 1.57. The lowest BCUT2D eigenvalue weighted by Crippen LogP contribution is -2.03. The van der Waals surface area contributed by atoms with E-state index in [0.717, 1.165) is 11.2 Å². The van der Waals surface area contributed by atoms with Gasteiger partial charge < -0.3 is 14.5 Å². The zero-order valence-corrected chi connectivity index (χ0v) is 8.28. The van der Waals surface area contributed by atoms with E-state index in [1.807, 2.05) is 24.3 Å². The predicted molar refractivity (Wildman–Crippen MR) is 55.1 cm³/mol. The fourth-order valence-corrected chi connectivity index (χ4v) is 1.57. The third-order valence-corrected chi connectivity index (χ3v) is 2.23. The topological polar surface area (TPSA) is 34.2 Å². The molecule has 2 aromatic rings. The molecule has 0 aliphatic rings. The Morgan fingerprint density at radius 3 is 2.50 bits per heavy atom. The SMILES string of the molecule is COC(OC)c1cc2ccccc2[nH]1. The summed E-state index contributed by atoms with van der Waals surface area (Å²) in [6, 6.07) is 10.1. The number of fused-ring (bicyclic) bond motifs is 1. The average molecular weight is 191 g/mol. The number of ether oxygens (including phenoxy) is 2. The highest BCUT2D eigenvalue weighted by atomic mass is 16.7. The van der Waals surface area contributed by atoms with E-state index < -0.39 is 0 Å². The number of H-pyrrole nitrogens is 1. The Balaban J connectivity index is 2.43. The van der Waals surface area contributed by atoms with Gasteiger partial charge in [-0.15, -0.1) is 0 Å². The van der Waals surface area contributed by atoms with E-state index in [2.05, 4.69) is 11.1 Å². The fraction of sp³-hybridized carbons (Fsp3) is 0.273. The van der Waals surface area contributed by atoms with Crippen LogP contribution in [-0.4, -0.2) is 19.2 Å². The molecule has 1 N–H and O–H groups in total. The van der Waals surface area contributed by atoms with Gasteiger partial charge in [-0.1, -0.05) is 18.2 Å². The summed E-state index contributed by atoms with van der Waals surface area (Å²) in [5.41, 5.74) is 2.04. The zero-order valence-electron chi connectivity index (χ0n) is 8.28. The third-order valence-electron chi connectivity index (χ3n) is 2.23. The highest BCUT2D eigenvalue weighted by Gasteiger charge is 2.11. The van der Waals surface area contributed by atoms with Gasteiger partial charge in [0.25, 0.3) is 0 Å². The molecule has 0 saturated carbocycles. The second-order valence-corrected chi connectivity index (χ2v) is 3.12. The van der Waals surface area contributed by atoms with Crippen LogP contribution in [-0.2, 0) is 9.47 Å². The van der Waals surface area contributed by atoms with Crippen molar-refractivity contribution in [1.82, 2.24) is 4.98 Å². The highest BCUT2D eigenvalue weighted by Crippen LogP contribution is 2.21. The summed E-state index contributed by atoms with van der Waals surface area (Å²) in [7, 11) is 3.25. The molecule has 0 spiro atoms. The first-order valence-corrected chi connectivity index (χ1v) is 4.48. The molecule has 3 nitrogen and oxygen atoms in total. The second kappa shape index (κ2) is 3.82. The molecule has 14 heavy (non-hydrogen) atoms. The number of benzene rings is 1. The van der Waals surface area contributed by atoms with Crippen LogP contribution in [0, 0.1) is 0 Å². The molecule has 0 bridgehead atoms. The van der Waals surface area contributed by atoms with Crippen molar-refractivity contribution in [3.8, 4) is 0 Å². The van der Waals surface area contributed by atoms with Crippen molar-refractivity contribution in [2.75, 3.05) is 14.2 Å². The van der Waals surface area contributed by atoms with Gasteiger partial charge in [-0.2, -0.15) is 0 Å². The zero-order chi connectivity index (χ0) is 9.97. The molecule has 0 saturated heterocycles. The number of nitrogens with one attached hydrogen (secondary N) is 1. The standard InChI is InChI=1S/C11H13NO2/c1-13-11(14-2)10-7-8-5-3-4-6-9(8)12-10/h3-7,11-12H,1-2H3. The number of para-hydroxylation sites is 1. The summed E-state index contributed by atoms with van der Waals surface area (Å²) in [5, 5.41) is 1.17. The van der Waals surface area contributed by atoms with Gasteiger partial charge in [0.1, 0.15) is 0 Å². The molecule has 0 fully saturated rings. The van der Waals surface area contributed by atoms with Crippen molar-refractivity contribution in [2.24, 2.45) is 0 Å². The van der Waals surface area contributed by atoms with Crippen LogP contribution in [0.1, 0.15) is 12.0 Å². The Morgan fingerprint density at radius 1 is 1.14 bits per heavy atom. The predicted octanol–water partition coefficient (Wildman–Crippen LogP) is 2.46. The Morgan fingerprint density at radius 2 is 1.86 bits per heavy atom. The van der Waals surface area contributed by atoms with Gasteiger partial charge in [0.2, 0.25) is 0 Å². The third kappa shape index (κ3) is 1.52. The van der Waals surface area contributed by atoms with Gasteiger partial charge in [0.05, 0.1) is 5.69 Å². The minimum atomic E-state index is -0.317. The van der Waals surface area contributed by atoms with Gasteiger partial charge in [0, 0.05) is 19.7 Å². The summed E-state index contributed by atoms with van der Waals surface area (Å²) in [6.45, 7) is 0. The van der Waals surface area contributed by atoms with Crippen molar-refractivity contribution in [3.63, 3.8) is 0 Å². The summed E-state index contributed by atoms with van der Waals surface area (Å²) < 4.78 is 10.3. The van der Waals surface area contributed by atoms with Crippen LogP contribution in [0.3, 0.4) is 0 Å². The molecule has 0 amide bonds. The van der Waals surface area contributed by atoms with E-state index in [1.54, 1.807) is 14.2 Å². The number of hydrogen-bond donors (Lipinski definition) is 1. The molecule has 0 aliphatic carbocycles. The molecular formula is C11H13NO2. The van der Waals surface area contributed by atoms with Crippen LogP contribution < -0.4 is 0 Å². The van der Waals surface area contributed by atoms with Crippen LogP contribution in [0.5, 0.6) is 0 Å². The molecule has 74 valence electrons. The van der Waals surface area contributed by atoms with E-state index >= 15 is 0 Å². The Bertz CT molecular complexity index is 385. The van der Waals surface area contributed by atoms with Crippen molar-refractivity contribution in [2.45, 2.75) is 6.29 Å². The molecule has 1 aromatic carbocycles. The quantitative estimate of drug-likeness (QED) is 0.756. The van der Waals surface area contributed by atoms with E-state index in [-0.39, 0.29) is 6.29 Å². The normalized spacial score (nSPS) is 11.4. The molecule has 3 heteroatoms. The molecule has 2 rings (SSSR count). The highest BCUT2D eigenvalue weighted by molar-refractivity contribution is 5.80. The van der Waals surface area contributed by atoms with Gasteiger partial charge >= 0.3 is 0 Å². The molecule has 0 radical (unpaired) electrons. The number of rotatable bonds is 3. The maximum absolute atomic E-state index is 5.16. The minimum absolute atomic E-state index is 0.317. The molecule has 1 heterocycles. The molecule has 0 aliphatic heterocycles. The number of hydrogen-bond acceptors (Lipinski definition) is 2. The largest absolute Gasteiger partial charge is 0.354 e. The van der Waals surface area contributed by atoms with Crippen LogP contribution >= 0.6 is 0 Å². The minimum Gasteiger partial charge on any atom is -0.354 e. The molecular weight excluding hydrogens is 178 g/mol. The Kier molecular flexibility index (Phi) is 2.52. The lowest BCUT2D eigenvalue weighted by atomic mass is 10.2. The monoisotopic (exact) mass is 191 g/mol. The first-order chi connectivity index (χ1) is 6.85. The van der Waals surface area contributed by atoms with E-state index in [1.165, 1.54) is 5.39 Å². The van der Waals surface area contributed by atoms with Crippen LogP contribution in [0.15, 0.2) is 30.3 Å². The Hall–Kier alpha value is -1.32. The maximum atomic E-state index is 5.16. The first kappa shape index (κ1) is 9.24. The summed E-state index contributed by atoms with van der Waals surface area (Å²) in [6.07, 6.45) is -0.317. The maximum Gasteiger partial charge on any atom is 0.198 e. The van der Waals surface area contributed by atoms with Gasteiger partial charge in [0.15, 0.2) is 6.29 Å². The van der Waals surface area contributed by atoms with Crippen LogP contribution in [0.4, 0.5) is 0 Å². The van der Waals surface area contributed by atoms with Crippen molar-refractivity contribution in [1.29, 1.82) is 0 Å². The van der Waals surface area contributed by atoms with E-state index in [4.69, 9.17) is 9.47 Å². The lowest BCUT2D eigenvalue weighted by molar-refractivity contribution is -0.108. The Labute approximate surface area is 82.6 Å². The number of methoxy groups -OCH3 is 2. The smallest absolute Gasteiger partial charge is 0.198 e. The second-order valence-electron chi connectivity index (χ2n) is 3.12. The van der Waals surface area contributed by atoms with E-state index in [9.17, 15) is 0 Å². The summed E-state index contributed by atoms with van der Waals surface area (Å²) >= 11 is 0. The molecule has 0 unspecified atom stereocenters. The summed E-state index contributed by atoms with van der Waals surface area (Å²) in [5.74, 6) is 0. The number of aromatic amines is 1. The summed E-state index contributed by atoms with van der Waals surface area (Å²) in [4.78, 5) is 3.25. The first-order valence-electron chi connectivity index (χ1n) is 4.48. The van der Waals surface area contributed by atoms with Gasteiger partial charge in [-0.3, -0.25) is 0 Å². The van der Waals surface area contributed by atoms with Crippen molar-refractivity contribution in [3.05, 3.63) is 36.0 Å². The lowest BCUT2D eigenvalue weighted by Gasteiger charge is -2.10. The van der Waals surface area contributed by atoms with Crippen LogP contribution in [0.25, 0.3) is 10.9 Å². The van der Waals surface area contributed by atoms with Gasteiger partial charge in [-0.05, 0) is 17.5 Å². The van der Waals surface area contributed by atoms with Gasteiger partial charge in [-0.25, -0.2) is 0 Å². The molecule has 0 atom stereocenters. The average Bonchev–Trinajstić information content (AvgIpc) is 2.63. The van der Waals surface area contributed by atoms with Crippen molar-refractivity contribution < 1.29 is 9.47 Å². The van der Waals surface area contributed by atoms with Crippen molar-refractivity contribution >= 4 is 10.9 Å². The van der Waals surface area contributed by atoms with E-state index in [0.29, 0.717) is 0 Å². The van der Waals surface area contributed by atoms with Crippen LogP contribution in [0.2, 0.25) is 0 Å².